The molecule has 0 saturated carbocycles. The summed E-state index contributed by atoms with van der Waals surface area (Å²) in [5.41, 5.74) is -0.257. The molecule has 0 spiro atoms. The highest BCUT2D eigenvalue weighted by Gasteiger charge is 2.13. The topological polar surface area (TPSA) is 74.8 Å². The van der Waals surface area contributed by atoms with E-state index in [1.807, 2.05) is 0 Å². The lowest BCUT2D eigenvalue weighted by atomic mass is 10.2. The molecule has 3 rings (SSSR count). The highest BCUT2D eigenvalue weighted by molar-refractivity contribution is 6.05. The number of halogens is 1. The maximum Gasteiger partial charge on any atom is 0.262 e. The van der Waals surface area contributed by atoms with Crippen molar-refractivity contribution < 1.29 is 9.18 Å². The van der Waals surface area contributed by atoms with Crippen molar-refractivity contribution in [2.75, 3.05) is 5.32 Å². The molecule has 0 bridgehead atoms. The summed E-state index contributed by atoms with van der Waals surface area (Å²) >= 11 is 0. The van der Waals surface area contributed by atoms with Crippen molar-refractivity contribution in [1.29, 1.82) is 0 Å². The average molecular weight is 283 g/mol. The van der Waals surface area contributed by atoms with E-state index in [2.05, 4.69) is 15.3 Å². The fraction of sp³-hybridized carbons (Fsp3) is 0. The number of nitrogens with zero attached hydrogens (tertiary/aromatic N) is 1. The van der Waals surface area contributed by atoms with E-state index in [1.165, 1.54) is 30.5 Å². The summed E-state index contributed by atoms with van der Waals surface area (Å²) in [7, 11) is 0. The molecule has 1 amide bonds. The summed E-state index contributed by atoms with van der Waals surface area (Å²) in [6.45, 7) is 0. The van der Waals surface area contributed by atoms with Crippen LogP contribution in [0.5, 0.6) is 0 Å². The van der Waals surface area contributed by atoms with Crippen molar-refractivity contribution in [3.63, 3.8) is 0 Å². The Labute approximate surface area is 118 Å². The van der Waals surface area contributed by atoms with Crippen LogP contribution in [0, 0.1) is 5.82 Å². The molecule has 0 aliphatic rings. The zero-order valence-corrected chi connectivity index (χ0v) is 10.8. The number of para-hydroxylation sites is 1. The van der Waals surface area contributed by atoms with Gasteiger partial charge in [-0.25, -0.2) is 9.37 Å². The number of nitrogens with one attached hydrogen (secondary N) is 2. The molecule has 6 heteroatoms. The first kappa shape index (κ1) is 13.0. The fourth-order valence-corrected chi connectivity index (χ4v) is 1.96. The van der Waals surface area contributed by atoms with Crippen LogP contribution in [-0.4, -0.2) is 15.9 Å². The monoisotopic (exact) mass is 283 g/mol. The molecule has 3 aromatic rings. The van der Waals surface area contributed by atoms with Crippen LogP contribution in [0.15, 0.2) is 53.5 Å². The summed E-state index contributed by atoms with van der Waals surface area (Å²) in [6, 6.07) is 10.6. The number of carbonyl (C=O) groups is 1. The van der Waals surface area contributed by atoms with Gasteiger partial charge in [0.25, 0.3) is 11.5 Å². The number of aromatic amines is 1. The van der Waals surface area contributed by atoms with Crippen molar-refractivity contribution in [1.82, 2.24) is 9.97 Å². The number of amides is 1. The highest BCUT2D eigenvalue weighted by Crippen LogP contribution is 2.14. The molecule has 21 heavy (non-hydrogen) atoms. The second-order valence-electron chi connectivity index (χ2n) is 4.39. The number of H-pyrrole nitrogens is 1. The van der Waals surface area contributed by atoms with E-state index in [4.69, 9.17) is 0 Å². The van der Waals surface area contributed by atoms with Gasteiger partial charge in [-0.1, -0.05) is 12.1 Å². The molecular weight excluding hydrogens is 273 g/mol. The predicted octanol–water partition coefficient (Wildman–Crippen LogP) is 2.31. The average Bonchev–Trinajstić information content (AvgIpc) is 2.49. The molecule has 0 fully saturated rings. The molecule has 0 saturated heterocycles. The molecule has 0 atom stereocenters. The molecule has 0 aliphatic heterocycles. The molecule has 2 aromatic heterocycles. The van der Waals surface area contributed by atoms with E-state index in [1.54, 1.807) is 18.2 Å². The van der Waals surface area contributed by atoms with E-state index in [-0.39, 0.29) is 11.3 Å². The van der Waals surface area contributed by atoms with E-state index < -0.39 is 17.3 Å². The second kappa shape index (κ2) is 5.16. The number of pyridine rings is 2. The van der Waals surface area contributed by atoms with Gasteiger partial charge in [0.1, 0.15) is 17.0 Å². The molecule has 1 aromatic carbocycles. The minimum Gasteiger partial charge on any atom is -0.319 e. The van der Waals surface area contributed by atoms with E-state index in [0.717, 1.165) is 0 Å². The summed E-state index contributed by atoms with van der Waals surface area (Å²) in [4.78, 5) is 30.5. The minimum atomic E-state index is -0.674. The maximum atomic E-state index is 13.5. The van der Waals surface area contributed by atoms with Gasteiger partial charge in [0, 0.05) is 11.6 Å². The van der Waals surface area contributed by atoms with Gasteiger partial charge < -0.3 is 10.3 Å². The van der Waals surface area contributed by atoms with Crippen LogP contribution >= 0.6 is 0 Å². The fourth-order valence-electron chi connectivity index (χ4n) is 1.96. The standard InChI is InChI=1S/C15H10FN3O2/c16-11-5-1-2-6-12(11)18-14(20)10-8-9-4-3-7-17-13(9)19-15(10)21/h1-8H,(H,18,20)(H,17,19,21). The second-order valence-corrected chi connectivity index (χ2v) is 4.39. The van der Waals surface area contributed by atoms with E-state index in [9.17, 15) is 14.0 Å². The number of aromatic nitrogens is 2. The van der Waals surface area contributed by atoms with Gasteiger partial charge in [-0.15, -0.1) is 0 Å². The van der Waals surface area contributed by atoms with E-state index in [0.29, 0.717) is 11.0 Å². The number of anilines is 1. The first-order chi connectivity index (χ1) is 10.1. The Morgan fingerprint density at radius 3 is 2.81 bits per heavy atom. The Bertz CT molecular complexity index is 889. The van der Waals surface area contributed by atoms with Gasteiger partial charge in [-0.05, 0) is 30.3 Å². The summed E-state index contributed by atoms with van der Waals surface area (Å²) in [5, 5.41) is 3.00. The smallest absolute Gasteiger partial charge is 0.262 e. The Morgan fingerprint density at radius 2 is 2.00 bits per heavy atom. The number of hydrogen-bond acceptors (Lipinski definition) is 3. The van der Waals surface area contributed by atoms with Crippen LogP contribution in [0.4, 0.5) is 10.1 Å². The SMILES string of the molecule is O=C(Nc1ccccc1F)c1cc2cccnc2[nH]c1=O. The first-order valence-electron chi connectivity index (χ1n) is 6.19. The summed E-state index contributed by atoms with van der Waals surface area (Å²) < 4.78 is 13.5. The zero-order chi connectivity index (χ0) is 14.8. The quantitative estimate of drug-likeness (QED) is 0.758. The largest absolute Gasteiger partial charge is 0.319 e. The normalized spacial score (nSPS) is 10.5. The van der Waals surface area contributed by atoms with Gasteiger partial charge in [0.2, 0.25) is 0 Å². The third kappa shape index (κ3) is 2.51. The molecule has 0 unspecified atom stereocenters. The highest BCUT2D eigenvalue weighted by atomic mass is 19.1. The van der Waals surface area contributed by atoms with Crippen LogP contribution in [0.2, 0.25) is 0 Å². The van der Waals surface area contributed by atoms with Gasteiger partial charge >= 0.3 is 0 Å². The van der Waals surface area contributed by atoms with Crippen LogP contribution in [0.1, 0.15) is 10.4 Å². The molecule has 5 nitrogen and oxygen atoms in total. The predicted molar refractivity (Wildman–Crippen MR) is 76.7 cm³/mol. The molecular formula is C15H10FN3O2. The number of carbonyl (C=O) groups excluding carboxylic acids is 1. The number of fused-ring (bicyclic) bond motifs is 1. The Balaban J connectivity index is 2.00. The Hall–Kier alpha value is -3.02. The van der Waals surface area contributed by atoms with Gasteiger partial charge in [0.05, 0.1) is 5.69 Å². The van der Waals surface area contributed by atoms with Crippen molar-refractivity contribution in [2.24, 2.45) is 0 Å². The van der Waals surface area contributed by atoms with E-state index >= 15 is 0 Å². The Morgan fingerprint density at radius 1 is 1.19 bits per heavy atom. The minimum absolute atomic E-state index is 0.0215. The number of hydrogen-bond donors (Lipinski definition) is 2. The van der Waals surface area contributed by atoms with Crippen molar-refractivity contribution in [2.45, 2.75) is 0 Å². The molecule has 2 N–H and O–H groups in total. The number of benzene rings is 1. The summed E-state index contributed by atoms with van der Waals surface area (Å²) in [5.74, 6) is -1.24. The number of rotatable bonds is 2. The molecule has 0 radical (unpaired) electrons. The van der Waals surface area contributed by atoms with Gasteiger partial charge in [0.15, 0.2) is 0 Å². The lowest BCUT2D eigenvalue weighted by Crippen LogP contribution is -2.23. The van der Waals surface area contributed by atoms with Crippen LogP contribution in [0.25, 0.3) is 11.0 Å². The lowest BCUT2D eigenvalue weighted by molar-refractivity contribution is 0.102. The van der Waals surface area contributed by atoms with Crippen molar-refractivity contribution >= 4 is 22.6 Å². The van der Waals surface area contributed by atoms with Gasteiger partial charge in [-0.2, -0.15) is 0 Å². The van der Waals surface area contributed by atoms with Crippen LogP contribution in [-0.2, 0) is 0 Å². The zero-order valence-electron chi connectivity index (χ0n) is 10.8. The summed E-state index contributed by atoms with van der Waals surface area (Å²) in [6.07, 6.45) is 1.54. The molecule has 0 aliphatic carbocycles. The molecule has 2 heterocycles. The van der Waals surface area contributed by atoms with Crippen molar-refractivity contribution in [3.05, 3.63) is 70.4 Å². The van der Waals surface area contributed by atoms with Crippen LogP contribution < -0.4 is 10.9 Å². The van der Waals surface area contributed by atoms with Crippen LogP contribution in [0.3, 0.4) is 0 Å². The third-order valence-corrected chi connectivity index (χ3v) is 2.98. The van der Waals surface area contributed by atoms with Gasteiger partial charge in [-0.3, -0.25) is 9.59 Å². The maximum absolute atomic E-state index is 13.5. The Kier molecular flexibility index (Phi) is 3.19. The first-order valence-corrected chi connectivity index (χ1v) is 6.19. The third-order valence-electron chi connectivity index (χ3n) is 2.98. The lowest BCUT2D eigenvalue weighted by Gasteiger charge is -2.06. The molecule has 104 valence electrons. The van der Waals surface area contributed by atoms with Crippen molar-refractivity contribution in [3.8, 4) is 0 Å².